The summed E-state index contributed by atoms with van der Waals surface area (Å²) < 4.78 is 11.1. The van der Waals surface area contributed by atoms with E-state index in [1.165, 1.54) is 5.56 Å². The zero-order valence-electron chi connectivity index (χ0n) is 12.5. The number of esters is 1. The van der Waals surface area contributed by atoms with E-state index in [-0.39, 0.29) is 11.6 Å². The standard InChI is InChI=1S/C16H23NO3/c1-4-19-15(18)9-10-17-11-13-7-5-6-8-14(13)20-16(2,3)12-17/h5-8H,4,9-12H2,1-3H3. The molecule has 2 rings (SSSR count). The van der Waals surface area contributed by atoms with Crippen molar-refractivity contribution in [3.05, 3.63) is 29.8 Å². The van der Waals surface area contributed by atoms with Gasteiger partial charge in [0.1, 0.15) is 11.4 Å². The van der Waals surface area contributed by atoms with Crippen LogP contribution in [0.2, 0.25) is 0 Å². The predicted octanol–water partition coefficient (Wildman–Crippen LogP) is 2.61. The third kappa shape index (κ3) is 3.97. The second kappa shape index (κ2) is 6.27. The van der Waals surface area contributed by atoms with Crippen LogP contribution < -0.4 is 4.74 Å². The van der Waals surface area contributed by atoms with Gasteiger partial charge >= 0.3 is 5.97 Å². The minimum atomic E-state index is -0.263. The van der Waals surface area contributed by atoms with Gasteiger partial charge in [-0.2, -0.15) is 0 Å². The topological polar surface area (TPSA) is 38.8 Å². The Bertz CT molecular complexity index is 471. The van der Waals surface area contributed by atoms with Crippen LogP contribution in [0.4, 0.5) is 0 Å². The molecule has 4 heteroatoms. The Kier molecular flexibility index (Phi) is 4.65. The van der Waals surface area contributed by atoms with Crippen LogP contribution in [0.25, 0.3) is 0 Å². The summed E-state index contributed by atoms with van der Waals surface area (Å²) in [6.45, 7) is 8.71. The Labute approximate surface area is 120 Å². The molecule has 0 spiro atoms. The van der Waals surface area contributed by atoms with E-state index in [1.807, 2.05) is 25.1 Å². The zero-order chi connectivity index (χ0) is 14.6. The largest absolute Gasteiger partial charge is 0.486 e. The van der Waals surface area contributed by atoms with Crippen molar-refractivity contribution in [1.82, 2.24) is 4.90 Å². The van der Waals surface area contributed by atoms with Crippen LogP contribution in [-0.4, -0.2) is 36.2 Å². The molecule has 0 unspecified atom stereocenters. The lowest BCUT2D eigenvalue weighted by Crippen LogP contribution is -2.41. The molecule has 0 bridgehead atoms. The van der Waals surface area contributed by atoms with E-state index in [9.17, 15) is 4.79 Å². The summed E-state index contributed by atoms with van der Waals surface area (Å²) in [6.07, 6.45) is 0.423. The molecule has 0 atom stereocenters. The first-order valence-electron chi connectivity index (χ1n) is 7.15. The van der Waals surface area contributed by atoms with E-state index in [0.29, 0.717) is 19.6 Å². The smallest absolute Gasteiger partial charge is 0.307 e. The number of carbonyl (C=O) groups is 1. The number of nitrogens with zero attached hydrogens (tertiary/aromatic N) is 1. The summed E-state index contributed by atoms with van der Waals surface area (Å²) in [5.41, 5.74) is 0.906. The van der Waals surface area contributed by atoms with Crippen molar-refractivity contribution in [1.29, 1.82) is 0 Å². The molecule has 0 saturated heterocycles. The van der Waals surface area contributed by atoms with Gasteiger partial charge in [0, 0.05) is 25.2 Å². The molecule has 1 aliphatic rings. The van der Waals surface area contributed by atoms with Crippen molar-refractivity contribution in [3.8, 4) is 5.75 Å². The van der Waals surface area contributed by atoms with Gasteiger partial charge in [-0.3, -0.25) is 9.69 Å². The number of ether oxygens (including phenoxy) is 2. The first-order chi connectivity index (χ1) is 9.50. The van der Waals surface area contributed by atoms with Crippen LogP contribution >= 0.6 is 0 Å². The number of hydrogen-bond acceptors (Lipinski definition) is 4. The number of carbonyl (C=O) groups excluding carboxylic acids is 1. The van der Waals surface area contributed by atoms with Gasteiger partial charge in [0.05, 0.1) is 13.0 Å². The van der Waals surface area contributed by atoms with E-state index in [0.717, 1.165) is 18.8 Å². The first-order valence-corrected chi connectivity index (χ1v) is 7.15. The zero-order valence-corrected chi connectivity index (χ0v) is 12.5. The molecule has 0 radical (unpaired) electrons. The number of hydrogen-bond donors (Lipinski definition) is 0. The normalized spacial score (nSPS) is 17.8. The molecule has 0 saturated carbocycles. The molecule has 1 heterocycles. The summed E-state index contributed by atoms with van der Waals surface area (Å²) in [5.74, 6) is 0.805. The fourth-order valence-corrected chi connectivity index (χ4v) is 2.54. The fraction of sp³-hybridized carbons (Fsp3) is 0.562. The minimum absolute atomic E-state index is 0.135. The van der Waals surface area contributed by atoms with E-state index >= 15 is 0 Å². The van der Waals surface area contributed by atoms with Crippen molar-refractivity contribution in [2.75, 3.05) is 19.7 Å². The molecular weight excluding hydrogens is 254 g/mol. The summed E-state index contributed by atoms with van der Waals surface area (Å²) in [5, 5.41) is 0. The van der Waals surface area contributed by atoms with Gasteiger partial charge in [0.2, 0.25) is 0 Å². The summed E-state index contributed by atoms with van der Waals surface area (Å²) in [4.78, 5) is 13.8. The summed E-state index contributed by atoms with van der Waals surface area (Å²) in [7, 11) is 0. The average Bonchev–Trinajstić information content (AvgIpc) is 2.50. The minimum Gasteiger partial charge on any atom is -0.486 e. The Balaban J connectivity index is 2.05. The van der Waals surface area contributed by atoms with Crippen LogP contribution in [-0.2, 0) is 16.1 Å². The van der Waals surface area contributed by atoms with Crippen LogP contribution in [0, 0.1) is 0 Å². The summed E-state index contributed by atoms with van der Waals surface area (Å²) >= 11 is 0. The molecule has 4 nitrogen and oxygen atoms in total. The van der Waals surface area contributed by atoms with Gasteiger partial charge < -0.3 is 9.47 Å². The average molecular weight is 277 g/mol. The van der Waals surface area contributed by atoms with Crippen molar-refractivity contribution in [2.24, 2.45) is 0 Å². The lowest BCUT2D eigenvalue weighted by Gasteiger charge is -2.29. The maximum Gasteiger partial charge on any atom is 0.307 e. The number of fused-ring (bicyclic) bond motifs is 1. The Hall–Kier alpha value is -1.55. The van der Waals surface area contributed by atoms with E-state index < -0.39 is 0 Å². The molecule has 1 aliphatic heterocycles. The number of rotatable bonds is 4. The van der Waals surface area contributed by atoms with Gasteiger partial charge in [0.15, 0.2) is 0 Å². The molecule has 0 amide bonds. The van der Waals surface area contributed by atoms with E-state index in [1.54, 1.807) is 0 Å². The Morgan fingerprint density at radius 1 is 1.40 bits per heavy atom. The van der Waals surface area contributed by atoms with Gasteiger partial charge in [-0.25, -0.2) is 0 Å². The second-order valence-electron chi connectivity index (χ2n) is 5.74. The van der Waals surface area contributed by atoms with E-state index in [2.05, 4.69) is 24.8 Å². The van der Waals surface area contributed by atoms with E-state index in [4.69, 9.17) is 9.47 Å². The van der Waals surface area contributed by atoms with Gasteiger partial charge in [0.25, 0.3) is 0 Å². The van der Waals surface area contributed by atoms with Crippen molar-refractivity contribution < 1.29 is 14.3 Å². The monoisotopic (exact) mass is 277 g/mol. The predicted molar refractivity (Wildman–Crippen MR) is 77.7 cm³/mol. The molecule has 0 aliphatic carbocycles. The maximum atomic E-state index is 11.5. The number of para-hydroxylation sites is 1. The molecule has 1 aromatic rings. The lowest BCUT2D eigenvalue weighted by atomic mass is 10.1. The fourth-order valence-electron chi connectivity index (χ4n) is 2.54. The molecule has 20 heavy (non-hydrogen) atoms. The lowest BCUT2D eigenvalue weighted by molar-refractivity contribution is -0.143. The third-order valence-corrected chi connectivity index (χ3v) is 3.29. The van der Waals surface area contributed by atoms with Crippen LogP contribution in [0.3, 0.4) is 0 Å². The van der Waals surface area contributed by atoms with Crippen LogP contribution in [0.15, 0.2) is 24.3 Å². The molecule has 0 fully saturated rings. The van der Waals surface area contributed by atoms with Crippen molar-refractivity contribution in [2.45, 2.75) is 39.3 Å². The van der Waals surface area contributed by atoms with Crippen molar-refractivity contribution >= 4 is 5.97 Å². The van der Waals surface area contributed by atoms with Gasteiger partial charge in [-0.1, -0.05) is 18.2 Å². The highest BCUT2D eigenvalue weighted by molar-refractivity contribution is 5.69. The molecule has 110 valence electrons. The number of benzene rings is 1. The second-order valence-corrected chi connectivity index (χ2v) is 5.74. The van der Waals surface area contributed by atoms with Gasteiger partial charge in [-0.05, 0) is 26.8 Å². The highest BCUT2D eigenvalue weighted by Crippen LogP contribution is 2.29. The summed E-state index contributed by atoms with van der Waals surface area (Å²) in [6, 6.07) is 8.09. The first kappa shape index (κ1) is 14.9. The highest BCUT2D eigenvalue weighted by atomic mass is 16.5. The third-order valence-electron chi connectivity index (χ3n) is 3.29. The van der Waals surface area contributed by atoms with Crippen molar-refractivity contribution in [3.63, 3.8) is 0 Å². The Morgan fingerprint density at radius 2 is 2.15 bits per heavy atom. The molecule has 0 aromatic heterocycles. The maximum absolute atomic E-state index is 11.5. The highest BCUT2D eigenvalue weighted by Gasteiger charge is 2.28. The molecular formula is C16H23NO3. The quantitative estimate of drug-likeness (QED) is 0.793. The Morgan fingerprint density at radius 3 is 2.90 bits per heavy atom. The van der Waals surface area contributed by atoms with Gasteiger partial charge in [-0.15, -0.1) is 0 Å². The van der Waals surface area contributed by atoms with Crippen LogP contribution in [0.1, 0.15) is 32.8 Å². The van der Waals surface area contributed by atoms with Crippen LogP contribution in [0.5, 0.6) is 5.75 Å². The molecule has 1 aromatic carbocycles. The SMILES string of the molecule is CCOC(=O)CCN1Cc2ccccc2OC(C)(C)C1. The molecule has 0 N–H and O–H groups in total.